The number of nitrogens with one attached hydrogen (secondary N) is 2. The number of carbonyl (C=O) groups excluding carboxylic acids is 2. The molecule has 0 aliphatic heterocycles. The third-order valence-corrected chi connectivity index (χ3v) is 5.50. The molecule has 0 bridgehead atoms. The summed E-state index contributed by atoms with van der Waals surface area (Å²) in [6.07, 6.45) is 3.12. The zero-order valence-corrected chi connectivity index (χ0v) is 16.5. The molecule has 0 saturated heterocycles. The van der Waals surface area contributed by atoms with E-state index in [2.05, 4.69) is 19.9 Å². The van der Waals surface area contributed by atoms with Gasteiger partial charge in [0.2, 0.25) is 5.91 Å². The van der Waals surface area contributed by atoms with E-state index < -0.39 is 22.0 Å². The highest BCUT2D eigenvalue weighted by atomic mass is 32.2. The molecule has 11 nitrogen and oxygen atoms in total. The number of hydrogen-bond acceptors (Lipinski definition) is 7. The van der Waals surface area contributed by atoms with E-state index in [1.165, 1.54) is 20.3 Å². The van der Waals surface area contributed by atoms with Gasteiger partial charge in [-0.1, -0.05) is 0 Å². The monoisotopic (exact) mass is 417 g/mol. The van der Waals surface area contributed by atoms with E-state index in [4.69, 9.17) is 5.73 Å². The van der Waals surface area contributed by atoms with Crippen LogP contribution < -0.4 is 10.5 Å². The number of imidazole rings is 1. The minimum atomic E-state index is -3.85. The molecular formula is C17H19N7O4S. The molecule has 3 heterocycles. The van der Waals surface area contributed by atoms with Gasteiger partial charge < -0.3 is 10.7 Å². The summed E-state index contributed by atoms with van der Waals surface area (Å²) in [4.78, 5) is 39.4. The Hall–Kier alpha value is -3.38. The van der Waals surface area contributed by atoms with Crippen LogP contribution in [-0.4, -0.2) is 58.6 Å². The van der Waals surface area contributed by atoms with E-state index in [1.807, 2.05) is 4.72 Å². The van der Waals surface area contributed by atoms with Gasteiger partial charge in [-0.25, -0.2) is 14.7 Å². The van der Waals surface area contributed by atoms with Gasteiger partial charge in [0, 0.05) is 38.5 Å². The number of pyridine rings is 2. The molecule has 29 heavy (non-hydrogen) atoms. The van der Waals surface area contributed by atoms with Crippen LogP contribution in [0.25, 0.3) is 22.6 Å². The van der Waals surface area contributed by atoms with E-state index in [0.717, 1.165) is 4.31 Å². The molecule has 3 aromatic heterocycles. The molecule has 2 amide bonds. The highest BCUT2D eigenvalue weighted by Gasteiger charge is 2.19. The number of aromatic amines is 1. The summed E-state index contributed by atoms with van der Waals surface area (Å²) in [6, 6.07) is 5.17. The van der Waals surface area contributed by atoms with Crippen LogP contribution in [-0.2, 0) is 21.4 Å². The maximum Gasteiger partial charge on any atom is 0.303 e. The molecule has 0 radical (unpaired) electrons. The molecule has 12 heteroatoms. The van der Waals surface area contributed by atoms with Crippen LogP contribution in [0.4, 0.5) is 0 Å². The average Bonchev–Trinajstić information content (AvgIpc) is 3.09. The van der Waals surface area contributed by atoms with Crippen molar-refractivity contribution in [3.63, 3.8) is 0 Å². The fourth-order valence-electron chi connectivity index (χ4n) is 2.54. The third-order valence-electron chi connectivity index (χ3n) is 4.05. The number of carbonyl (C=O) groups is 2. The predicted octanol–water partition coefficient (Wildman–Crippen LogP) is -0.0260. The standard InChI is InChI=1S/C17H19N7O4S/c1-24(2)29(27,28)23-13(25)6-5-10-8-11(14(15(18)26)20-9-10)16-21-12-4-3-7-19-17(12)22-16/h3-4,7-9H,5-6H2,1-2H3,(H2,18,26)(H,23,25)(H,19,21,22). The number of rotatable bonds is 7. The lowest BCUT2D eigenvalue weighted by atomic mass is 10.1. The maximum absolute atomic E-state index is 11.9. The molecule has 0 spiro atoms. The number of H-pyrrole nitrogens is 1. The number of fused-ring (bicyclic) bond motifs is 1. The van der Waals surface area contributed by atoms with Gasteiger partial charge in [-0.15, -0.1) is 0 Å². The summed E-state index contributed by atoms with van der Waals surface area (Å²) >= 11 is 0. The lowest BCUT2D eigenvalue weighted by Crippen LogP contribution is -2.39. The topological polar surface area (TPSA) is 164 Å². The van der Waals surface area contributed by atoms with Crippen LogP contribution in [0.3, 0.4) is 0 Å². The first kappa shape index (κ1) is 20.4. The number of aromatic nitrogens is 4. The molecule has 0 saturated carbocycles. The minimum Gasteiger partial charge on any atom is -0.364 e. The van der Waals surface area contributed by atoms with Crippen molar-refractivity contribution in [2.45, 2.75) is 12.8 Å². The number of nitrogens with two attached hydrogens (primary N) is 1. The van der Waals surface area contributed by atoms with Crippen LogP contribution in [0, 0.1) is 0 Å². The van der Waals surface area contributed by atoms with Gasteiger partial charge in [-0.3, -0.25) is 14.6 Å². The first-order valence-electron chi connectivity index (χ1n) is 8.50. The average molecular weight is 417 g/mol. The first-order valence-corrected chi connectivity index (χ1v) is 9.94. The van der Waals surface area contributed by atoms with Crippen molar-refractivity contribution in [1.82, 2.24) is 29.0 Å². The van der Waals surface area contributed by atoms with Crippen molar-refractivity contribution in [1.29, 1.82) is 0 Å². The third kappa shape index (κ3) is 4.55. The SMILES string of the molecule is CN(C)S(=O)(=O)NC(=O)CCc1cnc(C(N)=O)c(-c2nc3ncccc3[nH]2)c1. The van der Waals surface area contributed by atoms with E-state index in [0.29, 0.717) is 28.1 Å². The summed E-state index contributed by atoms with van der Waals surface area (Å²) in [5, 5.41) is 0. The Labute approximate surface area is 166 Å². The lowest BCUT2D eigenvalue weighted by molar-refractivity contribution is -0.119. The lowest BCUT2D eigenvalue weighted by Gasteiger charge is -2.12. The molecule has 3 rings (SSSR count). The van der Waals surface area contributed by atoms with Crippen molar-refractivity contribution in [2.24, 2.45) is 5.73 Å². The summed E-state index contributed by atoms with van der Waals surface area (Å²) in [7, 11) is -1.22. The fraction of sp³-hybridized carbons (Fsp3) is 0.235. The van der Waals surface area contributed by atoms with Crippen molar-refractivity contribution in [2.75, 3.05) is 14.1 Å². The van der Waals surface area contributed by atoms with Gasteiger partial charge in [-0.2, -0.15) is 12.7 Å². The van der Waals surface area contributed by atoms with Crippen molar-refractivity contribution in [3.8, 4) is 11.4 Å². The summed E-state index contributed by atoms with van der Waals surface area (Å²) in [5.41, 5.74) is 7.57. The Morgan fingerprint density at radius 3 is 2.69 bits per heavy atom. The predicted molar refractivity (Wildman–Crippen MR) is 105 cm³/mol. The molecule has 4 N–H and O–H groups in total. The molecule has 0 aliphatic carbocycles. The number of hydrogen-bond donors (Lipinski definition) is 3. The molecule has 3 aromatic rings. The molecule has 0 fully saturated rings. The molecular weight excluding hydrogens is 398 g/mol. The quantitative estimate of drug-likeness (QED) is 0.486. The zero-order valence-electron chi connectivity index (χ0n) is 15.7. The Morgan fingerprint density at radius 1 is 1.28 bits per heavy atom. The Bertz CT molecular complexity index is 1150. The molecule has 0 aliphatic rings. The second kappa shape index (κ2) is 7.93. The zero-order chi connectivity index (χ0) is 21.2. The summed E-state index contributed by atoms with van der Waals surface area (Å²) in [6.45, 7) is 0. The van der Waals surface area contributed by atoms with Crippen LogP contribution in [0.2, 0.25) is 0 Å². The van der Waals surface area contributed by atoms with E-state index in [-0.39, 0.29) is 18.5 Å². The molecule has 0 unspecified atom stereocenters. The van der Waals surface area contributed by atoms with Gasteiger partial charge in [0.05, 0.1) is 5.52 Å². The number of amides is 2. The van der Waals surface area contributed by atoms with Crippen LogP contribution in [0.15, 0.2) is 30.6 Å². The van der Waals surface area contributed by atoms with Crippen LogP contribution >= 0.6 is 0 Å². The molecule has 0 atom stereocenters. The number of nitrogens with zero attached hydrogens (tertiary/aromatic N) is 4. The minimum absolute atomic E-state index is 0.0208. The summed E-state index contributed by atoms with van der Waals surface area (Å²) < 4.78 is 26.3. The van der Waals surface area contributed by atoms with Gasteiger partial charge in [0.25, 0.3) is 5.91 Å². The highest BCUT2D eigenvalue weighted by Crippen LogP contribution is 2.23. The maximum atomic E-state index is 11.9. The Morgan fingerprint density at radius 2 is 2.03 bits per heavy atom. The highest BCUT2D eigenvalue weighted by molar-refractivity contribution is 7.87. The van der Waals surface area contributed by atoms with Gasteiger partial charge >= 0.3 is 10.2 Å². The summed E-state index contributed by atoms with van der Waals surface area (Å²) in [5.74, 6) is -1.02. The Balaban J connectivity index is 1.85. The molecule has 152 valence electrons. The van der Waals surface area contributed by atoms with Crippen molar-refractivity contribution < 1.29 is 18.0 Å². The fourth-order valence-corrected chi connectivity index (χ4v) is 3.11. The number of aryl methyl sites for hydroxylation is 1. The second-order valence-corrected chi connectivity index (χ2v) is 8.26. The van der Waals surface area contributed by atoms with Gasteiger partial charge in [0.1, 0.15) is 11.5 Å². The van der Waals surface area contributed by atoms with Crippen molar-refractivity contribution in [3.05, 3.63) is 41.9 Å². The largest absolute Gasteiger partial charge is 0.364 e. The van der Waals surface area contributed by atoms with E-state index >= 15 is 0 Å². The van der Waals surface area contributed by atoms with Crippen molar-refractivity contribution >= 4 is 33.2 Å². The Kier molecular flexibility index (Phi) is 5.57. The van der Waals surface area contributed by atoms with E-state index in [9.17, 15) is 18.0 Å². The van der Waals surface area contributed by atoms with Crippen LogP contribution in [0.1, 0.15) is 22.5 Å². The normalized spacial score (nSPS) is 11.7. The first-order chi connectivity index (χ1) is 13.7. The van der Waals surface area contributed by atoms with E-state index in [1.54, 1.807) is 24.4 Å². The van der Waals surface area contributed by atoms with Crippen LogP contribution in [0.5, 0.6) is 0 Å². The number of primary amides is 1. The van der Waals surface area contributed by atoms with Gasteiger partial charge in [0.15, 0.2) is 5.65 Å². The molecule has 0 aromatic carbocycles. The second-order valence-electron chi connectivity index (χ2n) is 6.38. The smallest absolute Gasteiger partial charge is 0.303 e. The van der Waals surface area contributed by atoms with Gasteiger partial charge in [-0.05, 0) is 30.2 Å².